The molecular weight excluding hydrogens is 379 g/mol. The van der Waals surface area contributed by atoms with E-state index in [1.54, 1.807) is 12.1 Å². The van der Waals surface area contributed by atoms with Crippen molar-refractivity contribution in [3.8, 4) is 0 Å². The number of piperidine rings is 1. The molecule has 0 unspecified atom stereocenters. The van der Waals surface area contributed by atoms with Gasteiger partial charge in [-0.25, -0.2) is 9.18 Å². The first-order valence-corrected chi connectivity index (χ1v) is 10.6. The average Bonchev–Trinajstić information content (AvgIpc) is 3.25. The van der Waals surface area contributed by atoms with Crippen LogP contribution in [0.4, 0.5) is 20.6 Å². The van der Waals surface area contributed by atoms with Gasteiger partial charge in [-0.15, -0.1) is 0 Å². The van der Waals surface area contributed by atoms with E-state index in [1.165, 1.54) is 11.0 Å². The standard InChI is InChI=1S/C17H21FN2O6S/c1-27(22,23)25-10-13-9-20(16(21)26-13)12-2-3-15(14(18)8-12)19-6-4-17(5-7-19)11-24-17/h2-3,8,13H,4-7,9-11H2,1H3/t13-/m1/s1. The van der Waals surface area contributed by atoms with Crippen LogP contribution in [0, 0.1) is 5.82 Å². The Morgan fingerprint density at radius 1 is 1.33 bits per heavy atom. The molecule has 3 aliphatic rings. The Morgan fingerprint density at radius 2 is 2.04 bits per heavy atom. The summed E-state index contributed by atoms with van der Waals surface area (Å²) >= 11 is 0. The number of amides is 1. The molecule has 3 heterocycles. The lowest BCUT2D eigenvalue weighted by molar-refractivity contribution is 0.107. The molecule has 0 aromatic heterocycles. The molecule has 3 saturated heterocycles. The summed E-state index contributed by atoms with van der Waals surface area (Å²) in [5.74, 6) is -0.413. The molecule has 0 bridgehead atoms. The van der Waals surface area contributed by atoms with E-state index < -0.39 is 28.1 Å². The fourth-order valence-electron chi connectivity index (χ4n) is 3.48. The Kier molecular flexibility index (Phi) is 4.52. The van der Waals surface area contributed by atoms with Crippen LogP contribution in [-0.4, -0.2) is 65.3 Å². The number of rotatable bonds is 5. The second kappa shape index (κ2) is 6.61. The Hall–Kier alpha value is -1.91. The fraction of sp³-hybridized carbons (Fsp3) is 0.588. The van der Waals surface area contributed by atoms with Gasteiger partial charge in [0.1, 0.15) is 18.5 Å². The van der Waals surface area contributed by atoms with Crippen LogP contribution < -0.4 is 9.80 Å². The number of halogens is 1. The van der Waals surface area contributed by atoms with Crippen LogP contribution in [0.15, 0.2) is 18.2 Å². The minimum atomic E-state index is -3.62. The predicted molar refractivity (Wildman–Crippen MR) is 94.9 cm³/mol. The number of cyclic esters (lactones) is 1. The highest BCUT2D eigenvalue weighted by molar-refractivity contribution is 7.85. The Balaban J connectivity index is 1.42. The topological polar surface area (TPSA) is 88.7 Å². The summed E-state index contributed by atoms with van der Waals surface area (Å²) < 4.78 is 52.0. The van der Waals surface area contributed by atoms with Crippen molar-refractivity contribution >= 4 is 27.6 Å². The zero-order valence-electron chi connectivity index (χ0n) is 14.9. The van der Waals surface area contributed by atoms with E-state index in [0.29, 0.717) is 11.4 Å². The quantitative estimate of drug-likeness (QED) is 0.547. The van der Waals surface area contributed by atoms with Crippen molar-refractivity contribution in [3.05, 3.63) is 24.0 Å². The van der Waals surface area contributed by atoms with E-state index in [0.717, 1.165) is 38.8 Å². The predicted octanol–water partition coefficient (Wildman–Crippen LogP) is 1.50. The highest BCUT2D eigenvalue weighted by Gasteiger charge is 2.46. The van der Waals surface area contributed by atoms with E-state index >= 15 is 0 Å². The first kappa shape index (κ1) is 18.5. The number of nitrogens with zero attached hydrogens (tertiary/aromatic N) is 2. The second-order valence-corrected chi connectivity index (χ2v) is 8.84. The van der Waals surface area contributed by atoms with Crippen LogP contribution in [0.2, 0.25) is 0 Å². The third kappa shape index (κ3) is 4.02. The normalized spacial score (nSPS) is 24.4. The summed E-state index contributed by atoms with van der Waals surface area (Å²) in [6.45, 7) is 2.08. The summed E-state index contributed by atoms with van der Waals surface area (Å²) in [7, 11) is -3.62. The molecule has 3 fully saturated rings. The molecule has 1 aromatic carbocycles. The number of anilines is 2. The van der Waals surface area contributed by atoms with Crippen molar-refractivity contribution in [1.82, 2.24) is 0 Å². The monoisotopic (exact) mass is 400 g/mol. The van der Waals surface area contributed by atoms with Gasteiger partial charge in [0.25, 0.3) is 10.1 Å². The van der Waals surface area contributed by atoms with Crippen LogP contribution in [0.25, 0.3) is 0 Å². The Bertz CT molecular complexity index is 847. The molecule has 3 aliphatic heterocycles. The Morgan fingerprint density at radius 3 is 2.63 bits per heavy atom. The van der Waals surface area contributed by atoms with E-state index in [-0.39, 0.29) is 18.8 Å². The molecule has 1 atom stereocenters. The lowest BCUT2D eigenvalue weighted by atomic mass is 9.97. The van der Waals surface area contributed by atoms with Gasteiger partial charge in [-0.1, -0.05) is 0 Å². The van der Waals surface area contributed by atoms with Crippen LogP contribution in [0.1, 0.15) is 12.8 Å². The Labute approximate surface area is 156 Å². The third-order valence-electron chi connectivity index (χ3n) is 5.15. The zero-order chi connectivity index (χ0) is 19.2. The third-order valence-corrected chi connectivity index (χ3v) is 5.72. The molecule has 1 amide bonds. The lowest BCUT2D eigenvalue weighted by Gasteiger charge is -2.32. The van der Waals surface area contributed by atoms with Crippen molar-refractivity contribution in [1.29, 1.82) is 0 Å². The van der Waals surface area contributed by atoms with Crippen molar-refractivity contribution in [3.63, 3.8) is 0 Å². The summed E-state index contributed by atoms with van der Waals surface area (Å²) in [4.78, 5) is 15.3. The van der Waals surface area contributed by atoms with Gasteiger partial charge in [0.15, 0.2) is 0 Å². The van der Waals surface area contributed by atoms with Crippen molar-refractivity contribution in [2.45, 2.75) is 24.5 Å². The van der Waals surface area contributed by atoms with E-state index in [4.69, 9.17) is 9.47 Å². The molecule has 4 rings (SSSR count). The molecule has 10 heteroatoms. The second-order valence-electron chi connectivity index (χ2n) is 7.20. The van der Waals surface area contributed by atoms with Gasteiger partial charge in [0, 0.05) is 13.1 Å². The average molecular weight is 400 g/mol. The van der Waals surface area contributed by atoms with Crippen LogP contribution in [0.3, 0.4) is 0 Å². The number of carbonyl (C=O) groups excluding carboxylic acids is 1. The number of epoxide rings is 1. The summed E-state index contributed by atoms with van der Waals surface area (Å²) in [5.41, 5.74) is 0.885. The van der Waals surface area contributed by atoms with Gasteiger partial charge in [-0.3, -0.25) is 9.08 Å². The molecule has 1 spiro atoms. The van der Waals surface area contributed by atoms with Crippen molar-refractivity contribution in [2.75, 3.05) is 48.9 Å². The summed E-state index contributed by atoms with van der Waals surface area (Å²) in [5, 5.41) is 0. The maximum atomic E-state index is 14.7. The molecule has 0 N–H and O–H groups in total. The van der Waals surface area contributed by atoms with Gasteiger partial charge in [0.05, 0.1) is 36.4 Å². The van der Waals surface area contributed by atoms with Gasteiger partial charge in [0.2, 0.25) is 0 Å². The zero-order valence-corrected chi connectivity index (χ0v) is 15.7. The number of hydrogen-bond donors (Lipinski definition) is 0. The number of hydrogen-bond acceptors (Lipinski definition) is 7. The first-order chi connectivity index (χ1) is 12.7. The maximum Gasteiger partial charge on any atom is 0.414 e. The minimum absolute atomic E-state index is 0.0231. The summed E-state index contributed by atoms with van der Waals surface area (Å²) in [6, 6.07) is 4.62. The fourth-order valence-corrected chi connectivity index (χ4v) is 3.88. The van der Waals surface area contributed by atoms with Gasteiger partial charge in [-0.05, 0) is 31.0 Å². The maximum absolute atomic E-state index is 14.7. The SMILES string of the molecule is CS(=O)(=O)OC[C@H]1CN(c2ccc(N3CCC4(CC3)CO4)c(F)c2)C(=O)O1. The number of ether oxygens (including phenoxy) is 2. The van der Waals surface area contributed by atoms with E-state index in [2.05, 4.69) is 4.18 Å². The molecule has 0 aliphatic carbocycles. The van der Waals surface area contributed by atoms with Crippen LogP contribution >= 0.6 is 0 Å². The largest absolute Gasteiger partial charge is 0.441 e. The molecule has 0 saturated carbocycles. The number of benzene rings is 1. The number of carbonyl (C=O) groups is 1. The molecule has 0 radical (unpaired) electrons. The smallest absolute Gasteiger partial charge is 0.414 e. The lowest BCUT2D eigenvalue weighted by Crippen LogP contribution is -2.38. The molecule has 1 aromatic rings. The molecule has 148 valence electrons. The van der Waals surface area contributed by atoms with Crippen molar-refractivity contribution in [2.24, 2.45) is 0 Å². The summed E-state index contributed by atoms with van der Waals surface area (Å²) in [6.07, 6.45) is 1.30. The van der Waals surface area contributed by atoms with Crippen LogP contribution in [-0.2, 0) is 23.8 Å². The molecule has 27 heavy (non-hydrogen) atoms. The van der Waals surface area contributed by atoms with Gasteiger partial charge < -0.3 is 14.4 Å². The molecular formula is C17H21FN2O6S. The van der Waals surface area contributed by atoms with E-state index in [9.17, 15) is 17.6 Å². The molecule has 8 nitrogen and oxygen atoms in total. The highest BCUT2D eigenvalue weighted by atomic mass is 32.2. The first-order valence-electron chi connectivity index (χ1n) is 8.76. The van der Waals surface area contributed by atoms with E-state index in [1.807, 2.05) is 4.90 Å². The van der Waals surface area contributed by atoms with Crippen LogP contribution in [0.5, 0.6) is 0 Å². The van der Waals surface area contributed by atoms with Gasteiger partial charge >= 0.3 is 6.09 Å². The van der Waals surface area contributed by atoms with Crippen molar-refractivity contribution < 1.29 is 31.3 Å². The minimum Gasteiger partial charge on any atom is -0.441 e. The van der Waals surface area contributed by atoms with Gasteiger partial charge in [-0.2, -0.15) is 8.42 Å². The highest BCUT2D eigenvalue weighted by Crippen LogP contribution is 2.39.